The molecule has 0 fully saturated rings. The Balaban J connectivity index is 4.00. The average Bonchev–Trinajstić information content (AvgIpc) is 1.87. The second kappa shape index (κ2) is 4.62. The van der Waals surface area contributed by atoms with Crippen LogP contribution in [0.4, 0.5) is 0 Å². The molecule has 0 nitrogen and oxygen atoms in total. The van der Waals surface area contributed by atoms with Crippen LogP contribution in [0.25, 0.3) is 0 Å². The molecule has 0 aromatic heterocycles. The van der Waals surface area contributed by atoms with Crippen LogP contribution in [-0.4, -0.2) is 6.26 Å². The van der Waals surface area contributed by atoms with Crippen molar-refractivity contribution in [3.8, 4) is 0 Å². The molecule has 1 heteroatoms. The Morgan fingerprint density at radius 1 is 1.50 bits per heavy atom. The Hall–Kier alpha value is -0.170. The van der Waals surface area contributed by atoms with Crippen molar-refractivity contribution in [2.45, 2.75) is 20.8 Å². The normalized spacial score (nSPS) is 12.3. The van der Waals surface area contributed by atoms with Crippen molar-refractivity contribution in [3.63, 3.8) is 0 Å². The highest BCUT2D eigenvalue weighted by atomic mass is 32.2. The predicted molar refractivity (Wildman–Crippen MR) is 51.3 cm³/mol. The van der Waals surface area contributed by atoms with Crippen LogP contribution in [0, 0.1) is 5.92 Å². The van der Waals surface area contributed by atoms with E-state index in [1.807, 2.05) is 0 Å². The molecule has 0 aliphatic heterocycles. The lowest BCUT2D eigenvalue weighted by Crippen LogP contribution is -1.87. The molecular formula is C9H16S. The lowest BCUT2D eigenvalue weighted by molar-refractivity contribution is 0.794. The third-order valence-corrected chi connectivity index (χ3v) is 2.21. The zero-order valence-corrected chi connectivity index (χ0v) is 8.09. The summed E-state index contributed by atoms with van der Waals surface area (Å²) in [6, 6.07) is 0. The monoisotopic (exact) mass is 156 g/mol. The van der Waals surface area contributed by atoms with Gasteiger partial charge in [-0.25, -0.2) is 0 Å². The van der Waals surface area contributed by atoms with Crippen LogP contribution < -0.4 is 0 Å². The van der Waals surface area contributed by atoms with E-state index < -0.39 is 0 Å². The van der Waals surface area contributed by atoms with Crippen LogP contribution in [0.1, 0.15) is 20.8 Å². The summed E-state index contributed by atoms with van der Waals surface area (Å²) in [6.45, 7) is 10.4. The predicted octanol–water partition coefficient (Wildman–Crippen LogP) is 3.47. The van der Waals surface area contributed by atoms with Gasteiger partial charge >= 0.3 is 0 Å². The maximum Gasteiger partial charge on any atom is -0.0140 e. The van der Waals surface area contributed by atoms with Gasteiger partial charge in [-0.05, 0) is 24.0 Å². The summed E-state index contributed by atoms with van der Waals surface area (Å²) in [7, 11) is 0. The van der Waals surface area contributed by atoms with Crippen LogP contribution in [0.5, 0.6) is 0 Å². The van der Waals surface area contributed by atoms with E-state index in [1.165, 1.54) is 10.5 Å². The summed E-state index contributed by atoms with van der Waals surface area (Å²) in [6.07, 6.45) is 4.23. The number of thioether (sulfide) groups is 1. The SMILES string of the molecule is C=C(/C=C(/C)SC)C(C)C. The molecule has 0 saturated carbocycles. The number of hydrogen-bond donors (Lipinski definition) is 0. The van der Waals surface area contributed by atoms with Crippen molar-refractivity contribution in [2.24, 2.45) is 5.92 Å². The highest BCUT2D eigenvalue weighted by Crippen LogP contribution is 2.16. The highest BCUT2D eigenvalue weighted by molar-refractivity contribution is 8.02. The van der Waals surface area contributed by atoms with Gasteiger partial charge in [0.15, 0.2) is 0 Å². The van der Waals surface area contributed by atoms with Gasteiger partial charge in [-0.15, -0.1) is 11.8 Å². The van der Waals surface area contributed by atoms with E-state index in [0.29, 0.717) is 5.92 Å². The molecule has 0 bridgehead atoms. The van der Waals surface area contributed by atoms with E-state index >= 15 is 0 Å². The first-order valence-corrected chi connectivity index (χ1v) is 4.71. The number of rotatable bonds is 3. The molecule has 0 atom stereocenters. The van der Waals surface area contributed by atoms with E-state index in [-0.39, 0.29) is 0 Å². The fourth-order valence-electron chi connectivity index (χ4n) is 0.487. The number of hydrogen-bond acceptors (Lipinski definition) is 1. The van der Waals surface area contributed by atoms with Crippen LogP contribution in [0.2, 0.25) is 0 Å². The van der Waals surface area contributed by atoms with E-state index in [1.54, 1.807) is 11.8 Å². The first kappa shape index (κ1) is 9.83. The van der Waals surface area contributed by atoms with Gasteiger partial charge in [0.1, 0.15) is 0 Å². The smallest absolute Gasteiger partial charge is 0.0140 e. The molecule has 0 rings (SSSR count). The average molecular weight is 156 g/mol. The molecule has 0 amide bonds. The van der Waals surface area contributed by atoms with Crippen molar-refractivity contribution < 1.29 is 0 Å². The minimum Gasteiger partial charge on any atom is -0.134 e. The molecule has 10 heavy (non-hydrogen) atoms. The minimum absolute atomic E-state index is 0.571. The van der Waals surface area contributed by atoms with Gasteiger partial charge in [0.25, 0.3) is 0 Å². The lowest BCUT2D eigenvalue weighted by Gasteiger charge is -2.04. The molecule has 0 aromatic carbocycles. The summed E-state index contributed by atoms with van der Waals surface area (Å²) in [5.74, 6) is 0.571. The Kier molecular flexibility index (Phi) is 4.54. The van der Waals surface area contributed by atoms with Gasteiger partial charge in [-0.1, -0.05) is 32.1 Å². The van der Waals surface area contributed by atoms with Crippen LogP contribution in [-0.2, 0) is 0 Å². The minimum atomic E-state index is 0.571. The first-order valence-electron chi connectivity index (χ1n) is 3.49. The summed E-state index contributed by atoms with van der Waals surface area (Å²) >= 11 is 1.77. The van der Waals surface area contributed by atoms with Crippen molar-refractivity contribution >= 4 is 11.8 Å². The van der Waals surface area contributed by atoms with Gasteiger partial charge in [0.2, 0.25) is 0 Å². The third-order valence-electron chi connectivity index (χ3n) is 1.45. The van der Waals surface area contributed by atoms with Gasteiger partial charge in [0, 0.05) is 0 Å². The number of allylic oxidation sites excluding steroid dienone is 3. The zero-order valence-electron chi connectivity index (χ0n) is 7.27. The van der Waals surface area contributed by atoms with Crippen molar-refractivity contribution in [1.29, 1.82) is 0 Å². The maximum absolute atomic E-state index is 3.95. The molecule has 0 aliphatic rings. The van der Waals surface area contributed by atoms with Crippen molar-refractivity contribution in [2.75, 3.05) is 6.26 Å². The Morgan fingerprint density at radius 3 is 2.30 bits per heavy atom. The fourth-order valence-corrected chi connectivity index (χ4v) is 0.756. The molecule has 0 spiro atoms. The van der Waals surface area contributed by atoms with Gasteiger partial charge < -0.3 is 0 Å². The van der Waals surface area contributed by atoms with Gasteiger partial charge in [-0.2, -0.15) is 0 Å². The van der Waals surface area contributed by atoms with Gasteiger partial charge in [0.05, 0.1) is 0 Å². The van der Waals surface area contributed by atoms with E-state index in [2.05, 4.69) is 39.7 Å². The summed E-state index contributed by atoms with van der Waals surface area (Å²) < 4.78 is 0. The molecule has 0 unspecified atom stereocenters. The molecular weight excluding hydrogens is 140 g/mol. The quantitative estimate of drug-likeness (QED) is 0.564. The Bertz CT molecular complexity index is 143. The maximum atomic E-state index is 3.95. The molecule has 0 N–H and O–H groups in total. The fraction of sp³-hybridized carbons (Fsp3) is 0.556. The van der Waals surface area contributed by atoms with Crippen molar-refractivity contribution in [3.05, 3.63) is 23.1 Å². The molecule has 0 heterocycles. The Labute approximate surface area is 68.4 Å². The van der Waals surface area contributed by atoms with Crippen molar-refractivity contribution in [1.82, 2.24) is 0 Å². The van der Waals surface area contributed by atoms with Gasteiger partial charge in [-0.3, -0.25) is 0 Å². The second-order valence-electron chi connectivity index (χ2n) is 2.69. The molecule has 0 aromatic rings. The van der Waals surface area contributed by atoms with Crippen LogP contribution >= 0.6 is 11.8 Å². The van der Waals surface area contributed by atoms with E-state index in [0.717, 1.165) is 0 Å². The van der Waals surface area contributed by atoms with Crippen LogP contribution in [0.15, 0.2) is 23.1 Å². The summed E-state index contributed by atoms with van der Waals surface area (Å²) in [5, 5.41) is 0. The topological polar surface area (TPSA) is 0 Å². The highest BCUT2D eigenvalue weighted by Gasteiger charge is 1.95. The molecule has 0 aliphatic carbocycles. The molecule has 0 radical (unpaired) electrons. The summed E-state index contributed by atoms with van der Waals surface area (Å²) in [4.78, 5) is 1.33. The third kappa shape index (κ3) is 3.78. The standard InChI is InChI=1S/C9H16S/c1-7(2)8(3)6-9(4)10-5/h6-7H,3H2,1-2,4-5H3/b9-6-. The molecule has 0 saturated heterocycles. The zero-order chi connectivity index (χ0) is 8.15. The lowest BCUT2D eigenvalue weighted by atomic mass is 10.1. The second-order valence-corrected chi connectivity index (χ2v) is 3.74. The van der Waals surface area contributed by atoms with E-state index in [9.17, 15) is 0 Å². The first-order chi connectivity index (χ1) is 4.57. The van der Waals surface area contributed by atoms with Crippen LogP contribution in [0.3, 0.4) is 0 Å². The Morgan fingerprint density at radius 2 is 2.00 bits per heavy atom. The molecule has 58 valence electrons. The largest absolute Gasteiger partial charge is 0.134 e. The summed E-state index contributed by atoms with van der Waals surface area (Å²) in [5.41, 5.74) is 1.21. The van der Waals surface area contributed by atoms with E-state index in [4.69, 9.17) is 0 Å².